The Balaban J connectivity index is 1.99. The summed E-state index contributed by atoms with van der Waals surface area (Å²) < 4.78 is 10.00. The molecule has 1 saturated heterocycles. The van der Waals surface area contributed by atoms with E-state index in [0.29, 0.717) is 19.3 Å². The average Bonchev–Trinajstić information content (AvgIpc) is 2.38. The van der Waals surface area contributed by atoms with Gasteiger partial charge in [-0.15, -0.1) is 0 Å². The SMILES string of the molecule is CCOC(=O)COCCNCC1CN(C)CCN1C. The minimum atomic E-state index is -0.295. The average molecular weight is 273 g/mol. The monoisotopic (exact) mass is 273 g/mol. The van der Waals surface area contributed by atoms with Crippen molar-refractivity contribution in [1.29, 1.82) is 0 Å². The number of carbonyl (C=O) groups excluding carboxylic acids is 1. The smallest absolute Gasteiger partial charge is 0.332 e. The predicted octanol–water partition coefficient (Wildman–Crippen LogP) is -0.598. The van der Waals surface area contributed by atoms with Gasteiger partial charge in [0.15, 0.2) is 0 Å². The molecule has 1 aliphatic rings. The normalized spacial score (nSPS) is 21.5. The largest absolute Gasteiger partial charge is 0.464 e. The first-order valence-electron chi connectivity index (χ1n) is 6.96. The van der Waals surface area contributed by atoms with Gasteiger partial charge in [-0.2, -0.15) is 0 Å². The molecular formula is C13H27N3O3. The van der Waals surface area contributed by atoms with Crippen LogP contribution in [0.5, 0.6) is 0 Å². The van der Waals surface area contributed by atoms with Crippen LogP contribution in [-0.2, 0) is 14.3 Å². The molecule has 0 radical (unpaired) electrons. The molecule has 0 aromatic carbocycles. The molecule has 6 nitrogen and oxygen atoms in total. The van der Waals surface area contributed by atoms with Crippen LogP contribution in [0.25, 0.3) is 0 Å². The molecule has 0 aromatic heterocycles. The van der Waals surface area contributed by atoms with Crippen molar-refractivity contribution in [2.45, 2.75) is 13.0 Å². The summed E-state index contributed by atoms with van der Waals surface area (Å²) in [6.07, 6.45) is 0. The van der Waals surface area contributed by atoms with Crippen molar-refractivity contribution in [1.82, 2.24) is 15.1 Å². The van der Waals surface area contributed by atoms with E-state index in [1.54, 1.807) is 6.92 Å². The number of nitrogens with one attached hydrogen (secondary N) is 1. The van der Waals surface area contributed by atoms with Crippen molar-refractivity contribution in [2.24, 2.45) is 0 Å². The summed E-state index contributed by atoms with van der Waals surface area (Å²) in [7, 11) is 4.32. The van der Waals surface area contributed by atoms with E-state index >= 15 is 0 Å². The van der Waals surface area contributed by atoms with Gasteiger partial charge in [-0.3, -0.25) is 4.90 Å². The number of hydrogen-bond donors (Lipinski definition) is 1. The quantitative estimate of drug-likeness (QED) is 0.471. The molecule has 1 atom stereocenters. The van der Waals surface area contributed by atoms with Crippen LogP contribution in [0, 0.1) is 0 Å². The molecule has 0 aromatic rings. The minimum Gasteiger partial charge on any atom is -0.464 e. The molecule has 1 heterocycles. The summed E-state index contributed by atoms with van der Waals surface area (Å²) in [6.45, 7) is 7.81. The molecular weight excluding hydrogens is 246 g/mol. The zero-order valence-corrected chi connectivity index (χ0v) is 12.4. The molecule has 1 N–H and O–H groups in total. The maximum absolute atomic E-state index is 11.0. The molecule has 1 aliphatic heterocycles. The van der Waals surface area contributed by atoms with Crippen LogP contribution in [0.2, 0.25) is 0 Å². The summed E-state index contributed by atoms with van der Waals surface area (Å²) >= 11 is 0. The minimum absolute atomic E-state index is 0.0432. The van der Waals surface area contributed by atoms with E-state index in [1.165, 1.54) is 0 Å². The Hall–Kier alpha value is -0.690. The third-order valence-corrected chi connectivity index (χ3v) is 3.31. The summed E-state index contributed by atoms with van der Waals surface area (Å²) in [5.74, 6) is -0.295. The predicted molar refractivity (Wildman–Crippen MR) is 74.2 cm³/mol. The molecule has 112 valence electrons. The second kappa shape index (κ2) is 9.25. The zero-order valence-electron chi connectivity index (χ0n) is 12.4. The number of likely N-dealkylation sites (N-methyl/N-ethyl adjacent to an activating group) is 2. The molecule has 0 spiro atoms. The van der Waals surface area contributed by atoms with E-state index in [4.69, 9.17) is 9.47 Å². The van der Waals surface area contributed by atoms with E-state index in [2.05, 4.69) is 29.2 Å². The maximum Gasteiger partial charge on any atom is 0.332 e. The van der Waals surface area contributed by atoms with Gasteiger partial charge >= 0.3 is 5.97 Å². The number of hydrogen-bond acceptors (Lipinski definition) is 6. The Morgan fingerprint density at radius 1 is 1.37 bits per heavy atom. The van der Waals surface area contributed by atoms with E-state index in [1.807, 2.05) is 0 Å². The standard InChI is InChI=1S/C13H27N3O3/c1-4-19-13(17)11-18-8-5-14-9-12-10-15(2)6-7-16(12)3/h12,14H,4-11H2,1-3H3. The lowest BCUT2D eigenvalue weighted by molar-refractivity contribution is -0.148. The van der Waals surface area contributed by atoms with Gasteiger partial charge in [0.1, 0.15) is 6.61 Å². The van der Waals surface area contributed by atoms with Crippen molar-refractivity contribution in [3.8, 4) is 0 Å². The number of esters is 1. The van der Waals surface area contributed by atoms with Gasteiger partial charge in [0.25, 0.3) is 0 Å². The van der Waals surface area contributed by atoms with Gasteiger partial charge in [0.2, 0.25) is 0 Å². The Morgan fingerprint density at radius 3 is 2.89 bits per heavy atom. The number of carbonyl (C=O) groups is 1. The Bertz CT molecular complexity index is 264. The van der Waals surface area contributed by atoms with Gasteiger partial charge in [0, 0.05) is 38.8 Å². The van der Waals surface area contributed by atoms with E-state index < -0.39 is 0 Å². The van der Waals surface area contributed by atoms with Crippen LogP contribution in [0.3, 0.4) is 0 Å². The number of piperazine rings is 1. The number of nitrogens with zero attached hydrogens (tertiary/aromatic N) is 2. The summed E-state index contributed by atoms with van der Waals surface area (Å²) in [6, 6.07) is 0.545. The zero-order chi connectivity index (χ0) is 14.1. The molecule has 0 saturated carbocycles. The molecule has 1 fully saturated rings. The number of ether oxygens (including phenoxy) is 2. The fourth-order valence-corrected chi connectivity index (χ4v) is 2.09. The van der Waals surface area contributed by atoms with Crippen molar-refractivity contribution >= 4 is 5.97 Å². The Labute approximate surface area is 116 Å². The topological polar surface area (TPSA) is 54.0 Å². The molecule has 1 unspecified atom stereocenters. The Morgan fingerprint density at radius 2 is 2.16 bits per heavy atom. The highest BCUT2D eigenvalue weighted by molar-refractivity contribution is 5.70. The lowest BCUT2D eigenvalue weighted by atomic mass is 10.2. The highest BCUT2D eigenvalue weighted by Gasteiger charge is 2.21. The second-order valence-corrected chi connectivity index (χ2v) is 4.96. The van der Waals surface area contributed by atoms with Crippen LogP contribution in [0.15, 0.2) is 0 Å². The van der Waals surface area contributed by atoms with Gasteiger partial charge in [0.05, 0.1) is 13.2 Å². The molecule has 6 heteroatoms. The first-order chi connectivity index (χ1) is 9.13. The summed E-state index contributed by atoms with van der Waals surface area (Å²) in [5, 5.41) is 3.37. The highest BCUT2D eigenvalue weighted by atomic mass is 16.6. The van der Waals surface area contributed by atoms with Gasteiger partial charge in [-0.05, 0) is 21.0 Å². The number of rotatable bonds is 8. The Kier molecular flexibility index (Phi) is 7.97. The van der Waals surface area contributed by atoms with Gasteiger partial charge in [-0.25, -0.2) is 4.79 Å². The molecule has 0 bridgehead atoms. The first kappa shape index (κ1) is 16.4. The molecule has 19 heavy (non-hydrogen) atoms. The molecule has 0 amide bonds. The van der Waals surface area contributed by atoms with Gasteiger partial charge < -0.3 is 19.7 Å². The van der Waals surface area contributed by atoms with E-state index in [9.17, 15) is 4.79 Å². The van der Waals surface area contributed by atoms with Crippen LogP contribution >= 0.6 is 0 Å². The second-order valence-electron chi connectivity index (χ2n) is 4.96. The fourth-order valence-electron chi connectivity index (χ4n) is 2.09. The summed E-state index contributed by atoms with van der Waals surface area (Å²) in [5.41, 5.74) is 0. The highest BCUT2D eigenvalue weighted by Crippen LogP contribution is 2.04. The van der Waals surface area contributed by atoms with E-state index in [-0.39, 0.29) is 12.6 Å². The van der Waals surface area contributed by atoms with Crippen molar-refractivity contribution in [3.63, 3.8) is 0 Å². The first-order valence-corrected chi connectivity index (χ1v) is 6.96. The lowest BCUT2D eigenvalue weighted by Crippen LogP contribution is -2.54. The molecule has 1 rings (SSSR count). The van der Waals surface area contributed by atoms with Crippen LogP contribution < -0.4 is 5.32 Å². The van der Waals surface area contributed by atoms with Crippen molar-refractivity contribution in [2.75, 3.05) is 66.6 Å². The van der Waals surface area contributed by atoms with Crippen molar-refractivity contribution < 1.29 is 14.3 Å². The third kappa shape index (κ3) is 6.87. The molecule has 0 aliphatic carbocycles. The van der Waals surface area contributed by atoms with E-state index in [0.717, 1.165) is 32.7 Å². The third-order valence-electron chi connectivity index (χ3n) is 3.31. The maximum atomic E-state index is 11.0. The van der Waals surface area contributed by atoms with Crippen molar-refractivity contribution in [3.05, 3.63) is 0 Å². The van der Waals surface area contributed by atoms with Crippen LogP contribution in [0.4, 0.5) is 0 Å². The summed E-state index contributed by atoms with van der Waals surface area (Å²) in [4.78, 5) is 15.8. The van der Waals surface area contributed by atoms with Gasteiger partial charge in [-0.1, -0.05) is 0 Å². The van der Waals surface area contributed by atoms with Crippen LogP contribution in [0.1, 0.15) is 6.92 Å². The lowest BCUT2D eigenvalue weighted by Gasteiger charge is -2.37. The van der Waals surface area contributed by atoms with Crippen LogP contribution in [-0.4, -0.2) is 88.5 Å². The fraction of sp³-hybridized carbons (Fsp3) is 0.923.